The highest BCUT2D eigenvalue weighted by Crippen LogP contribution is 2.56. The monoisotopic (exact) mass is 436 g/mol. The highest BCUT2D eigenvalue weighted by Gasteiger charge is 2.65. The number of nitrogens with zero attached hydrogens (tertiary/aromatic N) is 2. The first-order chi connectivity index (χ1) is 15.6. The Kier molecular flexibility index (Phi) is 5.59. The predicted octanol–water partition coefficient (Wildman–Crippen LogP) is 3.52. The summed E-state index contributed by atoms with van der Waals surface area (Å²) in [6, 6.07) is 14.3. The van der Waals surface area contributed by atoms with Crippen LogP contribution >= 0.6 is 0 Å². The molecule has 1 amide bonds. The summed E-state index contributed by atoms with van der Waals surface area (Å²) in [7, 11) is 1.68. The average molecular weight is 437 g/mol. The SMILES string of the molecule is CCOc1ccc([C@@H]2C[C@H]3CN(Cc4ccccc4OC)C(=O)[C@]34CCCN24)cc1CO. The molecule has 2 aromatic rings. The molecule has 0 aromatic heterocycles. The number of amides is 1. The van der Waals surface area contributed by atoms with Crippen LogP contribution in [0.15, 0.2) is 42.5 Å². The number of carbonyl (C=O) groups excluding carboxylic acids is 1. The maximum Gasteiger partial charge on any atom is 0.243 e. The number of aliphatic hydroxyl groups is 1. The number of hydrogen-bond acceptors (Lipinski definition) is 5. The second-order valence-electron chi connectivity index (χ2n) is 9.13. The van der Waals surface area contributed by atoms with Gasteiger partial charge in [0.05, 0.1) is 20.3 Å². The Morgan fingerprint density at radius 2 is 2.00 bits per heavy atom. The first-order valence-corrected chi connectivity index (χ1v) is 11.7. The number of benzene rings is 2. The molecule has 0 radical (unpaired) electrons. The molecule has 1 spiro atoms. The smallest absolute Gasteiger partial charge is 0.243 e. The Hall–Kier alpha value is -2.57. The fourth-order valence-electron chi connectivity index (χ4n) is 6.30. The third-order valence-corrected chi connectivity index (χ3v) is 7.62. The van der Waals surface area contributed by atoms with Crippen molar-refractivity contribution >= 4 is 5.91 Å². The zero-order chi connectivity index (χ0) is 22.3. The number of ether oxygens (including phenoxy) is 2. The van der Waals surface area contributed by atoms with Crippen LogP contribution in [-0.4, -0.2) is 53.2 Å². The van der Waals surface area contributed by atoms with Crippen molar-refractivity contribution in [1.29, 1.82) is 0 Å². The minimum atomic E-state index is -0.384. The molecule has 3 aliphatic heterocycles. The van der Waals surface area contributed by atoms with Crippen LogP contribution in [-0.2, 0) is 17.9 Å². The van der Waals surface area contributed by atoms with E-state index in [1.54, 1.807) is 7.11 Å². The van der Waals surface area contributed by atoms with Crippen molar-refractivity contribution in [3.05, 3.63) is 59.2 Å². The minimum absolute atomic E-state index is 0.0456. The van der Waals surface area contributed by atoms with Crippen molar-refractivity contribution in [2.24, 2.45) is 5.92 Å². The molecule has 1 N–H and O–H groups in total. The molecule has 6 heteroatoms. The molecule has 3 atom stereocenters. The Morgan fingerprint density at radius 1 is 1.16 bits per heavy atom. The Labute approximate surface area is 189 Å². The summed E-state index contributed by atoms with van der Waals surface area (Å²) < 4.78 is 11.2. The molecule has 3 saturated heterocycles. The Morgan fingerprint density at radius 3 is 2.78 bits per heavy atom. The quantitative estimate of drug-likeness (QED) is 0.720. The van der Waals surface area contributed by atoms with Crippen LogP contribution in [0.5, 0.6) is 11.5 Å². The van der Waals surface area contributed by atoms with E-state index in [0.29, 0.717) is 19.1 Å². The first kappa shape index (κ1) is 21.3. The number of likely N-dealkylation sites (tertiary alicyclic amines) is 1. The fourth-order valence-corrected chi connectivity index (χ4v) is 6.30. The topological polar surface area (TPSA) is 62.2 Å². The molecule has 5 rings (SSSR count). The molecule has 2 aromatic carbocycles. The van der Waals surface area contributed by atoms with Gasteiger partial charge in [-0.25, -0.2) is 0 Å². The summed E-state index contributed by atoms with van der Waals surface area (Å²) >= 11 is 0. The van der Waals surface area contributed by atoms with Gasteiger partial charge < -0.3 is 19.5 Å². The van der Waals surface area contributed by atoms with Crippen molar-refractivity contribution in [3.8, 4) is 11.5 Å². The molecule has 6 nitrogen and oxygen atoms in total. The molecule has 3 heterocycles. The van der Waals surface area contributed by atoms with E-state index in [1.807, 2.05) is 42.2 Å². The van der Waals surface area contributed by atoms with E-state index in [-0.39, 0.29) is 24.1 Å². The highest BCUT2D eigenvalue weighted by atomic mass is 16.5. The molecule has 170 valence electrons. The molecule has 0 bridgehead atoms. The average Bonchev–Trinajstić information content (AvgIpc) is 3.45. The van der Waals surface area contributed by atoms with E-state index in [2.05, 4.69) is 17.0 Å². The van der Waals surface area contributed by atoms with Crippen molar-refractivity contribution < 1.29 is 19.4 Å². The fraction of sp³-hybridized carbons (Fsp3) is 0.500. The first-order valence-electron chi connectivity index (χ1n) is 11.7. The van der Waals surface area contributed by atoms with Gasteiger partial charge in [-0.1, -0.05) is 24.3 Å². The summed E-state index contributed by atoms with van der Waals surface area (Å²) in [4.78, 5) is 18.3. The standard InChI is InChI=1S/C26H32N2O4/c1-3-32-24-10-9-18(13-20(24)17-29)22-14-21-16-27(15-19-7-4-5-8-23(19)31-2)25(30)26(21)11-6-12-28(22)26/h4-5,7-10,13,21-22,29H,3,6,11-12,14-17H2,1-2H3/t21-,22-,26-/m0/s1. The van der Waals surface area contributed by atoms with Gasteiger partial charge in [0.15, 0.2) is 0 Å². The van der Waals surface area contributed by atoms with E-state index in [1.165, 1.54) is 5.56 Å². The number of carbonyl (C=O) groups is 1. The maximum atomic E-state index is 13.8. The zero-order valence-corrected chi connectivity index (χ0v) is 18.9. The van der Waals surface area contributed by atoms with Gasteiger partial charge in [0, 0.05) is 36.2 Å². The van der Waals surface area contributed by atoms with Crippen LogP contribution < -0.4 is 9.47 Å². The third kappa shape index (κ3) is 3.20. The third-order valence-electron chi connectivity index (χ3n) is 7.62. The second kappa shape index (κ2) is 8.41. The predicted molar refractivity (Wildman–Crippen MR) is 121 cm³/mol. The molecule has 3 fully saturated rings. The van der Waals surface area contributed by atoms with Crippen molar-refractivity contribution in [1.82, 2.24) is 9.80 Å². The van der Waals surface area contributed by atoms with Gasteiger partial charge in [0.2, 0.25) is 5.91 Å². The van der Waals surface area contributed by atoms with Crippen LogP contribution in [0.4, 0.5) is 0 Å². The molecule has 0 aliphatic carbocycles. The van der Waals surface area contributed by atoms with Gasteiger partial charge in [-0.3, -0.25) is 9.69 Å². The maximum absolute atomic E-state index is 13.8. The summed E-state index contributed by atoms with van der Waals surface area (Å²) in [5.41, 5.74) is 2.67. The second-order valence-corrected chi connectivity index (χ2v) is 9.13. The van der Waals surface area contributed by atoms with E-state index in [4.69, 9.17) is 9.47 Å². The van der Waals surface area contributed by atoms with Crippen LogP contribution in [0.2, 0.25) is 0 Å². The highest BCUT2D eigenvalue weighted by molar-refractivity contribution is 5.90. The zero-order valence-electron chi connectivity index (χ0n) is 18.9. The number of para-hydroxylation sites is 1. The lowest BCUT2D eigenvalue weighted by molar-refractivity contribution is -0.137. The van der Waals surface area contributed by atoms with E-state index < -0.39 is 0 Å². The van der Waals surface area contributed by atoms with Crippen molar-refractivity contribution in [3.63, 3.8) is 0 Å². The van der Waals surface area contributed by atoms with Crippen LogP contribution in [0, 0.1) is 5.92 Å². The summed E-state index contributed by atoms with van der Waals surface area (Å²) in [5.74, 6) is 2.16. The number of hydrogen-bond donors (Lipinski definition) is 1. The molecular formula is C26H32N2O4. The molecule has 3 aliphatic rings. The lowest BCUT2D eigenvalue weighted by Gasteiger charge is -2.34. The minimum Gasteiger partial charge on any atom is -0.496 e. The van der Waals surface area contributed by atoms with Crippen LogP contribution in [0.25, 0.3) is 0 Å². The van der Waals surface area contributed by atoms with Gasteiger partial charge in [-0.2, -0.15) is 0 Å². The summed E-state index contributed by atoms with van der Waals surface area (Å²) in [5, 5.41) is 9.85. The molecule has 0 saturated carbocycles. The summed E-state index contributed by atoms with van der Waals surface area (Å²) in [6.07, 6.45) is 2.94. The van der Waals surface area contributed by atoms with E-state index in [9.17, 15) is 9.90 Å². The van der Waals surface area contributed by atoms with Crippen molar-refractivity contribution in [2.45, 2.75) is 50.9 Å². The lowest BCUT2D eigenvalue weighted by Crippen LogP contribution is -2.49. The summed E-state index contributed by atoms with van der Waals surface area (Å²) in [6.45, 7) is 4.80. The largest absolute Gasteiger partial charge is 0.496 e. The Bertz CT molecular complexity index is 1010. The number of aliphatic hydroxyl groups excluding tert-OH is 1. The van der Waals surface area contributed by atoms with Gasteiger partial charge in [0.1, 0.15) is 17.0 Å². The van der Waals surface area contributed by atoms with Gasteiger partial charge >= 0.3 is 0 Å². The van der Waals surface area contributed by atoms with E-state index >= 15 is 0 Å². The molecule has 32 heavy (non-hydrogen) atoms. The molecule has 0 unspecified atom stereocenters. The van der Waals surface area contributed by atoms with Gasteiger partial charge in [0.25, 0.3) is 0 Å². The normalized spacial score (nSPS) is 27.0. The molecular weight excluding hydrogens is 404 g/mol. The van der Waals surface area contributed by atoms with Crippen molar-refractivity contribution in [2.75, 3.05) is 26.8 Å². The number of methoxy groups -OCH3 is 1. The Balaban J connectivity index is 1.41. The van der Waals surface area contributed by atoms with Crippen LogP contribution in [0.3, 0.4) is 0 Å². The number of rotatable bonds is 7. The van der Waals surface area contributed by atoms with E-state index in [0.717, 1.165) is 55.0 Å². The lowest BCUT2D eigenvalue weighted by atomic mass is 9.85. The van der Waals surface area contributed by atoms with Gasteiger partial charge in [-0.15, -0.1) is 0 Å². The van der Waals surface area contributed by atoms with Crippen LogP contribution in [0.1, 0.15) is 48.9 Å². The van der Waals surface area contributed by atoms with Gasteiger partial charge in [-0.05, 0) is 56.5 Å².